The Hall–Kier alpha value is 4.10. The molecule has 96 valence electrons. The van der Waals surface area contributed by atoms with Crippen LogP contribution in [0.15, 0.2) is 0 Å². The van der Waals surface area contributed by atoms with Gasteiger partial charge >= 0.3 is 65.4 Å². The molecular weight excluding hydrogens is 654 g/mol. The molecule has 0 saturated carbocycles. The van der Waals surface area contributed by atoms with E-state index in [1.54, 1.807) is 0 Å². The summed E-state index contributed by atoms with van der Waals surface area (Å²) in [6.45, 7) is 0. The standard InChI is InChI=1S/3BrH2O3P.2Y/c3*1-5(2,3)4;;/h3*(H2,2,3,4);;/q;;;2*+3/p-6. The molecule has 0 aliphatic heterocycles. The maximum atomic E-state index is 9.02. The molecule has 0 aliphatic rings. The summed E-state index contributed by atoms with van der Waals surface area (Å²) in [5.74, 6) is 0. The van der Waals surface area contributed by atoms with E-state index in [4.69, 9.17) is 43.1 Å². The molecule has 17 heavy (non-hydrogen) atoms. The van der Waals surface area contributed by atoms with Crippen molar-refractivity contribution in [1.29, 1.82) is 0 Å². The maximum Gasteiger partial charge on any atom is 3.00 e. The van der Waals surface area contributed by atoms with Crippen LogP contribution in [0.5, 0.6) is 0 Å². The minimum absolute atomic E-state index is 0. The summed E-state index contributed by atoms with van der Waals surface area (Å²) >= 11 is 5.46. The molecule has 0 aromatic carbocycles. The Morgan fingerprint density at radius 1 is 0.529 bits per heavy atom. The zero-order valence-electron chi connectivity index (χ0n) is 7.30. The molecule has 0 atom stereocenters. The summed E-state index contributed by atoms with van der Waals surface area (Å²) in [4.78, 5) is 54.1. The Morgan fingerprint density at radius 3 is 0.529 bits per heavy atom. The van der Waals surface area contributed by atoms with Crippen LogP contribution in [0.3, 0.4) is 0 Å². The van der Waals surface area contributed by atoms with Crippen LogP contribution in [0.25, 0.3) is 0 Å². The number of hydrogen-bond acceptors (Lipinski definition) is 9. The van der Waals surface area contributed by atoms with Gasteiger partial charge in [0.2, 0.25) is 0 Å². The van der Waals surface area contributed by atoms with Crippen LogP contribution in [0.4, 0.5) is 0 Å². The van der Waals surface area contributed by atoms with Crippen molar-refractivity contribution in [3.63, 3.8) is 0 Å². The van der Waals surface area contributed by atoms with Gasteiger partial charge in [0.15, 0.2) is 0 Å². The van der Waals surface area contributed by atoms with E-state index in [1.807, 2.05) is 46.5 Å². The topological polar surface area (TPSA) is 190 Å². The second-order valence-corrected chi connectivity index (χ2v) is 11.7. The maximum absolute atomic E-state index is 9.02. The van der Waals surface area contributed by atoms with Crippen molar-refractivity contribution in [1.82, 2.24) is 0 Å². The van der Waals surface area contributed by atoms with Crippen LogP contribution in [0.2, 0.25) is 0 Å². The van der Waals surface area contributed by atoms with Gasteiger partial charge in [-0.05, 0) is 0 Å². The van der Waals surface area contributed by atoms with Gasteiger partial charge in [0, 0.05) is 18.9 Å². The fourth-order valence-corrected chi connectivity index (χ4v) is 0. The van der Waals surface area contributed by atoms with E-state index < -0.39 is 18.9 Å². The Kier molecular flexibility index (Phi) is 29.0. The fraction of sp³-hybridized carbons (Fsp3) is 0. The number of hydrogen-bond donors (Lipinski definition) is 0. The minimum atomic E-state index is -4.33. The smallest absolute Gasteiger partial charge is 0.803 e. The van der Waals surface area contributed by atoms with Gasteiger partial charge in [-0.15, -0.1) is 0 Å². The largest absolute Gasteiger partial charge is 3.00 e. The molecule has 0 radical (unpaired) electrons. The quantitative estimate of drug-likeness (QED) is 0.257. The van der Waals surface area contributed by atoms with Crippen molar-refractivity contribution < 1.29 is 108 Å². The molecule has 0 fully saturated rings. The fourth-order valence-electron chi connectivity index (χ4n) is 0. The molecule has 0 aromatic heterocycles. The van der Waals surface area contributed by atoms with Crippen molar-refractivity contribution in [2.75, 3.05) is 0 Å². The van der Waals surface area contributed by atoms with Crippen molar-refractivity contribution in [2.24, 2.45) is 0 Å². The Morgan fingerprint density at radius 2 is 0.529 bits per heavy atom. The van der Waals surface area contributed by atoms with Crippen LogP contribution in [0, 0.1) is 0 Å². The molecule has 0 heterocycles. The van der Waals surface area contributed by atoms with Gasteiger partial charge in [0.1, 0.15) is 0 Å². The third-order valence-corrected chi connectivity index (χ3v) is 0. The van der Waals surface area contributed by atoms with Gasteiger partial charge in [0.25, 0.3) is 0 Å². The predicted molar refractivity (Wildman–Crippen MR) is 49.6 cm³/mol. The van der Waals surface area contributed by atoms with Gasteiger partial charge in [-0.25, -0.2) is 0 Å². The number of halogens is 3. The molecule has 0 rings (SSSR count). The predicted octanol–water partition coefficient (Wildman–Crippen LogP) is -2.38. The molecular formula is Br3O9P3Y2. The Balaban J connectivity index is -0.0000000400. The van der Waals surface area contributed by atoms with Gasteiger partial charge < -0.3 is 43.1 Å². The summed E-state index contributed by atoms with van der Waals surface area (Å²) in [5.41, 5.74) is 0. The van der Waals surface area contributed by atoms with E-state index >= 15 is 0 Å². The summed E-state index contributed by atoms with van der Waals surface area (Å²) < 4.78 is 27.1. The minimum Gasteiger partial charge on any atom is -0.803 e. The van der Waals surface area contributed by atoms with E-state index in [9.17, 15) is 0 Å². The first-order chi connectivity index (χ1) is 6.00. The average Bonchev–Trinajstić information content (AvgIpc) is 1.41. The van der Waals surface area contributed by atoms with E-state index in [0.29, 0.717) is 0 Å². The normalized spacial score (nSPS) is 10.4. The van der Waals surface area contributed by atoms with E-state index in [2.05, 4.69) is 0 Å². The number of rotatable bonds is 0. The summed E-state index contributed by atoms with van der Waals surface area (Å²) in [7, 11) is 0. The first kappa shape index (κ1) is 32.9. The summed E-state index contributed by atoms with van der Waals surface area (Å²) in [6, 6.07) is 0. The SMILES string of the molecule is O=P([O-])([O-])Br.O=P([O-])([O-])Br.O=P([O-])([O-])Br.[Y+3].[Y+3]. The molecule has 0 spiro atoms. The zero-order valence-corrected chi connectivity index (χ0v) is 20.4. The van der Waals surface area contributed by atoms with Crippen molar-refractivity contribution in [2.45, 2.75) is 0 Å². The average molecular weight is 654 g/mol. The van der Waals surface area contributed by atoms with Gasteiger partial charge in [-0.1, -0.05) is 46.5 Å². The molecule has 0 saturated heterocycles. The van der Waals surface area contributed by atoms with E-state index in [-0.39, 0.29) is 65.4 Å². The monoisotopic (exact) mass is 651 g/mol. The second-order valence-electron chi connectivity index (χ2n) is 1.29. The van der Waals surface area contributed by atoms with E-state index in [0.717, 1.165) is 0 Å². The van der Waals surface area contributed by atoms with Crippen LogP contribution in [-0.2, 0) is 79.1 Å². The van der Waals surface area contributed by atoms with Crippen molar-refractivity contribution in [3.05, 3.63) is 0 Å². The molecule has 0 N–H and O–H groups in total. The van der Waals surface area contributed by atoms with Crippen LogP contribution >= 0.6 is 65.4 Å². The second kappa shape index (κ2) is 15.0. The molecule has 0 unspecified atom stereocenters. The molecule has 17 heteroatoms. The molecule has 0 aromatic rings. The molecule has 0 amide bonds. The van der Waals surface area contributed by atoms with Crippen molar-refractivity contribution in [3.8, 4) is 0 Å². The summed E-state index contributed by atoms with van der Waals surface area (Å²) in [5, 5.41) is 0. The van der Waals surface area contributed by atoms with Gasteiger partial charge in [-0.2, -0.15) is 0 Å². The Labute approximate surface area is 171 Å². The molecule has 9 nitrogen and oxygen atoms in total. The Bertz CT molecular complexity index is 216. The molecule has 0 bridgehead atoms. The first-order valence-electron chi connectivity index (χ1n) is 2.15. The van der Waals surface area contributed by atoms with Crippen LogP contribution in [-0.4, -0.2) is 0 Å². The van der Waals surface area contributed by atoms with Gasteiger partial charge in [0.05, 0.1) is 0 Å². The third kappa shape index (κ3) is 392. The molecule has 0 aliphatic carbocycles. The first-order valence-corrected chi connectivity index (χ1v) is 12.8. The summed E-state index contributed by atoms with van der Waals surface area (Å²) in [6.07, 6.45) is -13.0. The van der Waals surface area contributed by atoms with Crippen LogP contribution < -0.4 is 29.4 Å². The van der Waals surface area contributed by atoms with Crippen molar-refractivity contribution >= 4 is 65.4 Å². The zero-order chi connectivity index (χ0) is 13.5. The van der Waals surface area contributed by atoms with E-state index in [1.165, 1.54) is 0 Å². The van der Waals surface area contributed by atoms with Crippen LogP contribution in [0.1, 0.15) is 0 Å². The third-order valence-electron chi connectivity index (χ3n) is 0. The van der Waals surface area contributed by atoms with Gasteiger partial charge in [-0.3, -0.25) is 0 Å².